The predicted molar refractivity (Wildman–Crippen MR) is 109 cm³/mol. The van der Waals surface area contributed by atoms with Crippen LogP contribution in [0.5, 0.6) is 28.7 Å². The monoisotopic (exact) mass is 391 g/mol. The molecule has 29 heavy (non-hydrogen) atoms. The molecule has 3 aromatic carbocycles. The zero-order chi connectivity index (χ0) is 20.2. The average Bonchev–Trinajstić information content (AvgIpc) is 3.19. The van der Waals surface area contributed by atoms with Crippen LogP contribution in [0.3, 0.4) is 0 Å². The number of fused-ring (bicyclic) bond motifs is 1. The summed E-state index contributed by atoms with van der Waals surface area (Å²) in [6.45, 7) is 0. The fraction of sp³-hybridized carbons (Fsp3) is 0.174. The average molecular weight is 391 g/mol. The van der Waals surface area contributed by atoms with Gasteiger partial charge in [0.1, 0.15) is 17.2 Å². The largest absolute Gasteiger partial charge is 0.497 e. The summed E-state index contributed by atoms with van der Waals surface area (Å²) in [5.74, 6) is 2.96. The second kappa shape index (κ2) is 8.14. The normalized spacial score (nSPS) is 14.5. The smallest absolute Gasteiger partial charge is 0.265 e. The highest BCUT2D eigenvalue weighted by Gasteiger charge is 2.28. The molecule has 1 unspecified atom stereocenters. The van der Waals surface area contributed by atoms with Crippen molar-refractivity contribution in [3.63, 3.8) is 0 Å². The van der Waals surface area contributed by atoms with Crippen molar-refractivity contribution >= 4 is 11.6 Å². The van der Waals surface area contributed by atoms with Crippen molar-refractivity contribution in [2.24, 2.45) is 0 Å². The molecular formula is C23H21NO5. The Labute approximate surface area is 169 Å². The summed E-state index contributed by atoms with van der Waals surface area (Å²) in [5.41, 5.74) is 1.63. The predicted octanol–water partition coefficient (Wildman–Crippen LogP) is 4.44. The van der Waals surface area contributed by atoms with Gasteiger partial charge in [0.15, 0.2) is 17.6 Å². The summed E-state index contributed by atoms with van der Waals surface area (Å²) in [6.07, 6.45) is -0.00616. The third-order valence-corrected chi connectivity index (χ3v) is 4.66. The van der Waals surface area contributed by atoms with E-state index in [-0.39, 0.29) is 5.91 Å². The highest BCUT2D eigenvalue weighted by molar-refractivity contribution is 5.95. The van der Waals surface area contributed by atoms with E-state index in [1.807, 2.05) is 36.4 Å². The molecule has 0 spiro atoms. The molecule has 0 bridgehead atoms. The Balaban J connectivity index is 1.48. The van der Waals surface area contributed by atoms with Crippen LogP contribution in [0.4, 0.5) is 5.69 Å². The lowest BCUT2D eigenvalue weighted by Gasteiger charge is -2.15. The highest BCUT2D eigenvalue weighted by Crippen LogP contribution is 2.35. The van der Waals surface area contributed by atoms with Gasteiger partial charge in [-0.2, -0.15) is 0 Å². The van der Waals surface area contributed by atoms with E-state index in [1.54, 1.807) is 44.6 Å². The first-order valence-electron chi connectivity index (χ1n) is 9.21. The molecule has 0 aliphatic carbocycles. The van der Waals surface area contributed by atoms with Crippen LogP contribution < -0.4 is 24.3 Å². The van der Waals surface area contributed by atoms with Gasteiger partial charge in [0.2, 0.25) is 0 Å². The van der Waals surface area contributed by atoms with Gasteiger partial charge in [-0.1, -0.05) is 18.2 Å². The van der Waals surface area contributed by atoms with E-state index in [1.165, 1.54) is 0 Å². The number of amides is 1. The lowest BCUT2D eigenvalue weighted by Crippen LogP contribution is -2.31. The summed E-state index contributed by atoms with van der Waals surface area (Å²) in [6, 6.07) is 20.1. The fourth-order valence-corrected chi connectivity index (χ4v) is 3.16. The number of carbonyl (C=O) groups is 1. The number of benzene rings is 3. The molecule has 0 saturated heterocycles. The summed E-state index contributed by atoms with van der Waals surface area (Å²) in [5, 5.41) is 2.89. The zero-order valence-electron chi connectivity index (χ0n) is 16.2. The van der Waals surface area contributed by atoms with Crippen LogP contribution in [0.2, 0.25) is 0 Å². The molecule has 1 N–H and O–H groups in total. The lowest BCUT2D eigenvalue weighted by atomic mass is 10.1. The third-order valence-electron chi connectivity index (χ3n) is 4.66. The van der Waals surface area contributed by atoms with E-state index < -0.39 is 6.10 Å². The van der Waals surface area contributed by atoms with E-state index in [0.29, 0.717) is 29.4 Å². The van der Waals surface area contributed by atoms with Gasteiger partial charge in [-0.25, -0.2) is 0 Å². The SMILES string of the molecule is COc1ccc(Oc2cc(NC(=O)C3Cc4ccccc4O3)ccc2OC)cc1. The number of hydrogen-bond donors (Lipinski definition) is 1. The maximum Gasteiger partial charge on any atom is 0.265 e. The first kappa shape index (κ1) is 18.7. The molecule has 4 rings (SSSR count). The first-order valence-corrected chi connectivity index (χ1v) is 9.21. The van der Waals surface area contributed by atoms with Crippen LogP contribution in [-0.4, -0.2) is 26.2 Å². The standard InChI is InChI=1S/C23H21NO5/c1-26-17-8-10-18(11-9-17)28-21-14-16(7-12-20(21)27-2)24-23(25)22-13-15-5-3-4-6-19(15)29-22/h3-12,14,22H,13H2,1-2H3,(H,24,25). The minimum atomic E-state index is -0.555. The van der Waals surface area contributed by atoms with Crippen molar-refractivity contribution < 1.29 is 23.7 Å². The summed E-state index contributed by atoms with van der Waals surface area (Å²) < 4.78 is 22.2. The molecule has 6 heteroatoms. The molecule has 1 aliphatic heterocycles. The maximum absolute atomic E-state index is 12.7. The van der Waals surface area contributed by atoms with E-state index in [2.05, 4.69) is 5.32 Å². The van der Waals surface area contributed by atoms with Crippen molar-refractivity contribution in [2.45, 2.75) is 12.5 Å². The second-order valence-electron chi connectivity index (χ2n) is 6.55. The Morgan fingerprint density at radius 2 is 1.69 bits per heavy atom. The quantitative estimate of drug-likeness (QED) is 0.673. The van der Waals surface area contributed by atoms with Crippen LogP contribution in [0, 0.1) is 0 Å². The molecule has 1 atom stereocenters. The topological polar surface area (TPSA) is 66.0 Å². The molecular weight excluding hydrogens is 370 g/mol. The lowest BCUT2D eigenvalue weighted by molar-refractivity contribution is -0.122. The van der Waals surface area contributed by atoms with Gasteiger partial charge in [-0.15, -0.1) is 0 Å². The van der Waals surface area contributed by atoms with Crippen molar-refractivity contribution in [1.82, 2.24) is 0 Å². The number of anilines is 1. The summed E-state index contributed by atoms with van der Waals surface area (Å²) >= 11 is 0. The van der Waals surface area contributed by atoms with E-state index >= 15 is 0 Å². The van der Waals surface area contributed by atoms with Gasteiger partial charge < -0.3 is 24.3 Å². The molecule has 3 aromatic rings. The van der Waals surface area contributed by atoms with Crippen LogP contribution in [-0.2, 0) is 11.2 Å². The summed E-state index contributed by atoms with van der Waals surface area (Å²) in [7, 11) is 3.18. The fourth-order valence-electron chi connectivity index (χ4n) is 3.16. The maximum atomic E-state index is 12.7. The van der Waals surface area contributed by atoms with E-state index in [4.69, 9.17) is 18.9 Å². The minimum Gasteiger partial charge on any atom is -0.497 e. The number of nitrogens with one attached hydrogen (secondary N) is 1. The zero-order valence-corrected chi connectivity index (χ0v) is 16.2. The number of para-hydroxylation sites is 1. The van der Waals surface area contributed by atoms with Gasteiger partial charge in [-0.3, -0.25) is 4.79 Å². The Morgan fingerprint density at radius 3 is 2.41 bits per heavy atom. The third kappa shape index (κ3) is 4.11. The van der Waals surface area contributed by atoms with Gasteiger partial charge in [0.25, 0.3) is 5.91 Å². The van der Waals surface area contributed by atoms with E-state index in [0.717, 1.165) is 17.1 Å². The molecule has 0 saturated carbocycles. The second-order valence-corrected chi connectivity index (χ2v) is 6.55. The van der Waals surface area contributed by atoms with Crippen LogP contribution in [0.15, 0.2) is 66.7 Å². The van der Waals surface area contributed by atoms with Gasteiger partial charge in [0, 0.05) is 18.2 Å². The number of methoxy groups -OCH3 is 2. The van der Waals surface area contributed by atoms with Crippen molar-refractivity contribution in [2.75, 3.05) is 19.5 Å². The molecule has 1 heterocycles. The van der Waals surface area contributed by atoms with Crippen molar-refractivity contribution in [3.05, 3.63) is 72.3 Å². The molecule has 6 nitrogen and oxygen atoms in total. The molecule has 0 aromatic heterocycles. The highest BCUT2D eigenvalue weighted by atomic mass is 16.5. The van der Waals surface area contributed by atoms with E-state index in [9.17, 15) is 4.79 Å². The van der Waals surface area contributed by atoms with Crippen LogP contribution >= 0.6 is 0 Å². The number of rotatable bonds is 6. The van der Waals surface area contributed by atoms with Gasteiger partial charge in [-0.05, 0) is 48.0 Å². The van der Waals surface area contributed by atoms with Crippen molar-refractivity contribution in [1.29, 1.82) is 0 Å². The number of carbonyl (C=O) groups excluding carboxylic acids is 1. The molecule has 1 amide bonds. The molecule has 0 radical (unpaired) electrons. The Bertz CT molecular complexity index is 991. The van der Waals surface area contributed by atoms with Crippen molar-refractivity contribution in [3.8, 4) is 28.7 Å². The van der Waals surface area contributed by atoms with Crippen LogP contribution in [0.1, 0.15) is 5.56 Å². The summed E-state index contributed by atoms with van der Waals surface area (Å²) in [4.78, 5) is 12.7. The Morgan fingerprint density at radius 1 is 0.931 bits per heavy atom. The van der Waals surface area contributed by atoms with Gasteiger partial charge in [0.05, 0.1) is 14.2 Å². The Hall–Kier alpha value is -3.67. The molecule has 0 fully saturated rings. The van der Waals surface area contributed by atoms with Gasteiger partial charge >= 0.3 is 0 Å². The Kier molecular flexibility index (Phi) is 5.24. The molecule has 148 valence electrons. The molecule has 1 aliphatic rings. The number of hydrogen-bond acceptors (Lipinski definition) is 5. The first-order chi connectivity index (χ1) is 14.2. The number of ether oxygens (including phenoxy) is 4. The van der Waals surface area contributed by atoms with Crippen LogP contribution in [0.25, 0.3) is 0 Å². The minimum absolute atomic E-state index is 0.207.